The third-order valence-corrected chi connectivity index (χ3v) is 4.47. The summed E-state index contributed by atoms with van der Waals surface area (Å²) in [4.78, 5) is 14.2. The van der Waals surface area contributed by atoms with Crippen LogP contribution in [0.25, 0.3) is 0 Å². The van der Waals surface area contributed by atoms with Crippen molar-refractivity contribution in [1.29, 1.82) is 0 Å². The van der Waals surface area contributed by atoms with Gasteiger partial charge in [0.15, 0.2) is 11.5 Å². The second-order valence-corrected chi connectivity index (χ2v) is 7.33. The summed E-state index contributed by atoms with van der Waals surface area (Å²) in [7, 11) is 0. The number of carbonyl (C=O) groups excluding carboxylic acids is 1. The van der Waals surface area contributed by atoms with Crippen molar-refractivity contribution in [2.24, 2.45) is 0 Å². The topological polar surface area (TPSA) is 38.8 Å². The van der Waals surface area contributed by atoms with Crippen LogP contribution in [0.5, 0.6) is 11.5 Å². The van der Waals surface area contributed by atoms with E-state index in [-0.39, 0.29) is 24.0 Å². The van der Waals surface area contributed by atoms with E-state index < -0.39 is 0 Å². The van der Waals surface area contributed by atoms with E-state index in [1.807, 2.05) is 30.3 Å². The summed E-state index contributed by atoms with van der Waals surface area (Å²) in [5, 5.41) is 0. The van der Waals surface area contributed by atoms with Crippen molar-refractivity contribution in [2.45, 2.75) is 32.7 Å². The molecular weight excluding hydrogens is 338 g/mol. The number of benzene rings is 2. The lowest BCUT2D eigenvalue weighted by atomic mass is 9.83. The first-order valence-electron chi connectivity index (χ1n) is 8.24. The molecular formula is C20H22ClNO3. The maximum absolute atomic E-state index is 12.5. The molecule has 0 unspecified atom stereocenters. The van der Waals surface area contributed by atoms with E-state index in [1.54, 1.807) is 4.90 Å². The zero-order chi connectivity index (χ0) is 18.0. The minimum atomic E-state index is -0.149. The summed E-state index contributed by atoms with van der Waals surface area (Å²) in [5.41, 5.74) is 3.05. The summed E-state index contributed by atoms with van der Waals surface area (Å²) in [6, 6.07) is 13.7. The van der Waals surface area contributed by atoms with E-state index in [0.29, 0.717) is 18.0 Å². The minimum Gasteiger partial charge on any atom is -0.454 e. The first-order chi connectivity index (χ1) is 11.9. The van der Waals surface area contributed by atoms with Crippen LogP contribution in [0.1, 0.15) is 31.9 Å². The number of ether oxygens (including phenoxy) is 2. The Hall–Kier alpha value is -2.20. The average molecular weight is 360 g/mol. The monoisotopic (exact) mass is 359 g/mol. The van der Waals surface area contributed by atoms with Gasteiger partial charge in [-0.2, -0.15) is 0 Å². The molecule has 0 radical (unpaired) electrons. The Morgan fingerprint density at radius 1 is 1.12 bits per heavy atom. The number of nitrogens with zero attached hydrogens (tertiary/aromatic N) is 1. The largest absolute Gasteiger partial charge is 0.454 e. The van der Waals surface area contributed by atoms with E-state index in [2.05, 4.69) is 32.9 Å². The number of alkyl halides is 1. The van der Waals surface area contributed by atoms with Crippen LogP contribution in [-0.4, -0.2) is 18.6 Å². The van der Waals surface area contributed by atoms with Crippen LogP contribution in [0.15, 0.2) is 42.5 Å². The Labute approximate surface area is 153 Å². The van der Waals surface area contributed by atoms with Crippen LogP contribution in [0, 0.1) is 0 Å². The van der Waals surface area contributed by atoms with Crippen LogP contribution in [0.2, 0.25) is 0 Å². The average Bonchev–Trinajstić information content (AvgIpc) is 3.06. The predicted octanol–water partition coefficient (Wildman–Crippen LogP) is 4.48. The Morgan fingerprint density at radius 3 is 2.56 bits per heavy atom. The van der Waals surface area contributed by atoms with Crippen molar-refractivity contribution < 1.29 is 14.3 Å². The van der Waals surface area contributed by atoms with Crippen molar-refractivity contribution in [3.05, 3.63) is 53.6 Å². The van der Waals surface area contributed by atoms with Crippen molar-refractivity contribution >= 4 is 23.2 Å². The molecule has 0 atom stereocenters. The fourth-order valence-corrected chi connectivity index (χ4v) is 3.15. The van der Waals surface area contributed by atoms with Crippen molar-refractivity contribution in [3.8, 4) is 11.5 Å². The second-order valence-electron chi connectivity index (χ2n) is 7.06. The van der Waals surface area contributed by atoms with Crippen LogP contribution in [0.4, 0.5) is 5.69 Å². The number of anilines is 1. The van der Waals surface area contributed by atoms with Gasteiger partial charge in [-0.1, -0.05) is 45.0 Å². The summed E-state index contributed by atoms with van der Waals surface area (Å²) < 4.78 is 10.8. The van der Waals surface area contributed by atoms with Crippen LogP contribution < -0.4 is 14.4 Å². The lowest BCUT2D eigenvalue weighted by molar-refractivity contribution is -0.116. The van der Waals surface area contributed by atoms with Gasteiger partial charge in [0.25, 0.3) is 0 Å². The number of rotatable bonds is 4. The van der Waals surface area contributed by atoms with Gasteiger partial charge < -0.3 is 14.4 Å². The molecule has 1 aliphatic rings. The third-order valence-electron chi connectivity index (χ3n) is 4.24. The summed E-state index contributed by atoms with van der Waals surface area (Å²) in [6.45, 7) is 7.16. The highest BCUT2D eigenvalue weighted by Gasteiger charge is 2.23. The molecule has 0 fully saturated rings. The number of carbonyl (C=O) groups is 1. The summed E-state index contributed by atoms with van der Waals surface area (Å²) in [5.74, 6) is 1.11. The molecule has 5 heteroatoms. The minimum absolute atomic E-state index is 0.0127. The molecule has 4 nitrogen and oxygen atoms in total. The van der Waals surface area contributed by atoms with E-state index in [4.69, 9.17) is 21.1 Å². The fourth-order valence-electron chi connectivity index (χ4n) is 3.01. The summed E-state index contributed by atoms with van der Waals surface area (Å²) >= 11 is 5.86. The zero-order valence-corrected chi connectivity index (χ0v) is 15.5. The molecule has 25 heavy (non-hydrogen) atoms. The molecule has 0 N–H and O–H groups in total. The second kappa shape index (κ2) is 6.96. The normalized spacial score (nSPS) is 13.0. The number of hydrogen-bond donors (Lipinski definition) is 0. The van der Waals surface area contributed by atoms with Gasteiger partial charge in [-0.15, -0.1) is 11.6 Å². The molecule has 0 bridgehead atoms. The quantitative estimate of drug-likeness (QED) is 0.755. The standard InChI is InChI=1S/C20H22ClNO3/c1-20(2,3)16-7-5-4-6-14(16)12-22(19(23)11-21)15-8-9-17-18(10-15)25-13-24-17/h4-10H,11-13H2,1-3H3. The van der Waals surface area contributed by atoms with Crippen LogP contribution in [0.3, 0.4) is 0 Å². The van der Waals surface area contributed by atoms with Gasteiger partial charge in [-0.05, 0) is 28.7 Å². The Bertz CT molecular complexity index is 783. The Balaban J connectivity index is 1.97. The smallest absolute Gasteiger partial charge is 0.242 e. The molecule has 0 saturated heterocycles. The van der Waals surface area contributed by atoms with Gasteiger partial charge in [0.05, 0.1) is 6.54 Å². The zero-order valence-electron chi connectivity index (χ0n) is 14.7. The molecule has 3 rings (SSSR count). The Morgan fingerprint density at radius 2 is 1.84 bits per heavy atom. The molecule has 132 valence electrons. The molecule has 0 aromatic heterocycles. The van der Waals surface area contributed by atoms with E-state index >= 15 is 0 Å². The van der Waals surface area contributed by atoms with Crippen molar-refractivity contribution in [1.82, 2.24) is 0 Å². The number of hydrogen-bond acceptors (Lipinski definition) is 3. The lowest BCUT2D eigenvalue weighted by Gasteiger charge is -2.27. The highest BCUT2D eigenvalue weighted by atomic mass is 35.5. The number of fused-ring (bicyclic) bond motifs is 1. The Kier molecular flexibility index (Phi) is 4.91. The first-order valence-corrected chi connectivity index (χ1v) is 8.78. The fraction of sp³-hybridized carbons (Fsp3) is 0.350. The highest BCUT2D eigenvalue weighted by Crippen LogP contribution is 2.36. The molecule has 1 heterocycles. The van der Waals surface area contributed by atoms with Gasteiger partial charge in [0.2, 0.25) is 12.7 Å². The highest BCUT2D eigenvalue weighted by molar-refractivity contribution is 6.29. The molecule has 0 saturated carbocycles. The first kappa shape index (κ1) is 17.6. The van der Waals surface area contributed by atoms with Gasteiger partial charge >= 0.3 is 0 Å². The van der Waals surface area contributed by atoms with E-state index in [0.717, 1.165) is 11.3 Å². The summed E-state index contributed by atoms with van der Waals surface area (Å²) in [6.07, 6.45) is 0. The maximum Gasteiger partial charge on any atom is 0.242 e. The van der Waals surface area contributed by atoms with Gasteiger partial charge in [0.1, 0.15) is 5.88 Å². The van der Waals surface area contributed by atoms with Gasteiger partial charge in [-0.25, -0.2) is 0 Å². The third kappa shape index (κ3) is 3.74. The van der Waals surface area contributed by atoms with Crippen LogP contribution >= 0.6 is 11.6 Å². The molecule has 1 amide bonds. The predicted molar refractivity (Wildman–Crippen MR) is 99.6 cm³/mol. The molecule has 0 spiro atoms. The lowest BCUT2D eigenvalue weighted by Crippen LogP contribution is -2.32. The molecule has 2 aromatic carbocycles. The number of halogens is 1. The van der Waals surface area contributed by atoms with E-state index in [1.165, 1.54) is 5.56 Å². The number of amides is 1. The van der Waals surface area contributed by atoms with E-state index in [9.17, 15) is 4.79 Å². The maximum atomic E-state index is 12.5. The van der Waals surface area contributed by atoms with Gasteiger partial charge in [-0.3, -0.25) is 4.79 Å². The van der Waals surface area contributed by atoms with Crippen molar-refractivity contribution in [2.75, 3.05) is 17.6 Å². The molecule has 2 aromatic rings. The molecule has 0 aliphatic carbocycles. The molecule has 1 aliphatic heterocycles. The SMILES string of the molecule is CC(C)(C)c1ccccc1CN(C(=O)CCl)c1ccc2c(c1)OCO2. The van der Waals surface area contributed by atoms with Crippen molar-refractivity contribution in [3.63, 3.8) is 0 Å². The van der Waals surface area contributed by atoms with Crippen LogP contribution in [-0.2, 0) is 16.8 Å². The van der Waals surface area contributed by atoms with Gasteiger partial charge in [0, 0.05) is 11.8 Å².